The summed E-state index contributed by atoms with van der Waals surface area (Å²) in [4.78, 5) is 12.2. The van der Waals surface area contributed by atoms with E-state index in [0.29, 0.717) is 34.1 Å². The highest BCUT2D eigenvalue weighted by molar-refractivity contribution is 9.10. The molecule has 1 rings (SSSR count). The first-order valence-electron chi connectivity index (χ1n) is 7.29. The van der Waals surface area contributed by atoms with Gasteiger partial charge >= 0.3 is 0 Å². The number of hydrazone groups is 1. The third-order valence-electron chi connectivity index (χ3n) is 3.44. The lowest BCUT2D eigenvalue weighted by atomic mass is 10.1. The summed E-state index contributed by atoms with van der Waals surface area (Å²) in [5.74, 6) is 1.14. The minimum absolute atomic E-state index is 0.287. The van der Waals surface area contributed by atoms with Gasteiger partial charge < -0.3 is 9.47 Å². The number of nitrogens with one attached hydrogen (secondary N) is 1. The predicted octanol–water partition coefficient (Wildman–Crippen LogP) is 4.01. The first-order valence-corrected chi connectivity index (χ1v) is 8.08. The van der Waals surface area contributed by atoms with Crippen LogP contribution in [-0.4, -0.2) is 25.3 Å². The lowest BCUT2D eigenvalue weighted by molar-refractivity contribution is 0.0954. The molecule has 0 aliphatic carbocycles. The summed E-state index contributed by atoms with van der Waals surface area (Å²) in [6.07, 6.45) is 0.980. The monoisotopic (exact) mass is 370 g/mol. The van der Waals surface area contributed by atoms with Gasteiger partial charge in [-0.15, -0.1) is 0 Å². The number of hydrogen-bond acceptors (Lipinski definition) is 4. The molecule has 5 nitrogen and oxygen atoms in total. The molecule has 122 valence electrons. The van der Waals surface area contributed by atoms with Crippen LogP contribution in [0.5, 0.6) is 11.5 Å². The standard InChI is InChI=1S/C16H23BrN2O3/c1-6-10(3)11(4)18-19-16(20)12-8-13(17)15(22-7-2)14(9-12)21-5/h8-10H,6-7H2,1-5H3,(H,19,20)/b18-11-/t10-/m1/s1. The van der Waals surface area contributed by atoms with E-state index in [4.69, 9.17) is 9.47 Å². The van der Waals surface area contributed by atoms with Gasteiger partial charge in [0.15, 0.2) is 11.5 Å². The smallest absolute Gasteiger partial charge is 0.271 e. The zero-order valence-corrected chi connectivity index (χ0v) is 15.3. The SMILES string of the molecule is CCOc1c(Br)cc(C(=O)N/N=C(/C)[C@H](C)CC)cc1OC. The number of halogens is 1. The van der Waals surface area contributed by atoms with Crippen LogP contribution in [0.3, 0.4) is 0 Å². The number of benzene rings is 1. The van der Waals surface area contributed by atoms with E-state index in [2.05, 4.69) is 40.3 Å². The van der Waals surface area contributed by atoms with Crippen LogP contribution in [0.4, 0.5) is 0 Å². The summed E-state index contributed by atoms with van der Waals surface area (Å²) in [6, 6.07) is 3.33. The Labute approximate surface area is 140 Å². The Balaban J connectivity index is 2.97. The van der Waals surface area contributed by atoms with Crippen molar-refractivity contribution in [2.75, 3.05) is 13.7 Å². The molecular weight excluding hydrogens is 348 g/mol. The highest BCUT2D eigenvalue weighted by Crippen LogP contribution is 2.36. The van der Waals surface area contributed by atoms with Crippen molar-refractivity contribution >= 4 is 27.5 Å². The fraction of sp³-hybridized carbons (Fsp3) is 0.500. The van der Waals surface area contributed by atoms with E-state index in [1.165, 1.54) is 7.11 Å². The molecule has 0 radical (unpaired) electrons. The Hall–Kier alpha value is -1.56. The number of nitrogens with zero attached hydrogens (tertiary/aromatic N) is 1. The summed E-state index contributed by atoms with van der Waals surface area (Å²) in [5, 5.41) is 4.14. The van der Waals surface area contributed by atoms with E-state index in [1.54, 1.807) is 12.1 Å². The zero-order chi connectivity index (χ0) is 16.7. The molecule has 1 aromatic carbocycles. The zero-order valence-electron chi connectivity index (χ0n) is 13.7. The van der Waals surface area contributed by atoms with E-state index in [1.807, 2.05) is 13.8 Å². The molecule has 0 aromatic heterocycles. The van der Waals surface area contributed by atoms with E-state index in [9.17, 15) is 4.79 Å². The van der Waals surface area contributed by atoms with E-state index in [-0.39, 0.29) is 5.91 Å². The largest absolute Gasteiger partial charge is 0.493 e. The minimum atomic E-state index is -0.287. The molecule has 0 bridgehead atoms. The maximum atomic E-state index is 12.2. The number of carbonyl (C=O) groups is 1. The van der Waals surface area contributed by atoms with Crippen molar-refractivity contribution in [2.24, 2.45) is 11.0 Å². The molecule has 0 spiro atoms. The van der Waals surface area contributed by atoms with Crippen LogP contribution < -0.4 is 14.9 Å². The first kappa shape index (κ1) is 18.5. The Kier molecular flexibility index (Phi) is 7.38. The van der Waals surface area contributed by atoms with Gasteiger partial charge in [-0.25, -0.2) is 5.43 Å². The van der Waals surface area contributed by atoms with Crippen molar-refractivity contribution in [1.82, 2.24) is 5.43 Å². The average molecular weight is 371 g/mol. The van der Waals surface area contributed by atoms with Crippen LogP contribution >= 0.6 is 15.9 Å². The average Bonchev–Trinajstić information content (AvgIpc) is 2.52. The van der Waals surface area contributed by atoms with Crippen molar-refractivity contribution in [1.29, 1.82) is 0 Å². The summed E-state index contributed by atoms with van der Waals surface area (Å²) in [6.45, 7) is 8.46. The second kappa shape index (κ2) is 8.78. The van der Waals surface area contributed by atoms with Crippen molar-refractivity contribution in [3.63, 3.8) is 0 Å². The molecule has 0 unspecified atom stereocenters. The molecule has 22 heavy (non-hydrogen) atoms. The fourth-order valence-corrected chi connectivity index (χ4v) is 2.30. The van der Waals surface area contributed by atoms with Gasteiger partial charge in [0.25, 0.3) is 5.91 Å². The van der Waals surface area contributed by atoms with E-state index in [0.717, 1.165) is 12.1 Å². The molecule has 1 aromatic rings. The molecule has 0 aliphatic heterocycles. The van der Waals surface area contributed by atoms with Gasteiger partial charge in [0.05, 0.1) is 18.2 Å². The third kappa shape index (κ3) is 4.73. The topological polar surface area (TPSA) is 59.9 Å². The maximum Gasteiger partial charge on any atom is 0.271 e. The molecule has 1 amide bonds. The van der Waals surface area contributed by atoms with Crippen LogP contribution in [0, 0.1) is 5.92 Å². The number of carbonyl (C=O) groups excluding carboxylic acids is 1. The van der Waals surface area contributed by atoms with Crippen LogP contribution in [-0.2, 0) is 0 Å². The summed E-state index contributed by atoms with van der Waals surface area (Å²) < 4.78 is 11.5. The molecular formula is C16H23BrN2O3. The lowest BCUT2D eigenvalue weighted by Crippen LogP contribution is -2.21. The van der Waals surface area contributed by atoms with Gasteiger partial charge in [0.1, 0.15) is 0 Å². The number of methoxy groups -OCH3 is 1. The predicted molar refractivity (Wildman–Crippen MR) is 91.9 cm³/mol. The molecule has 0 heterocycles. The first-order chi connectivity index (χ1) is 10.4. The second-order valence-electron chi connectivity index (χ2n) is 4.93. The lowest BCUT2D eigenvalue weighted by Gasteiger charge is -2.13. The molecule has 0 saturated heterocycles. The minimum Gasteiger partial charge on any atom is -0.493 e. The van der Waals surface area contributed by atoms with Crippen LogP contribution in [0.15, 0.2) is 21.7 Å². The number of amides is 1. The van der Waals surface area contributed by atoms with Gasteiger partial charge in [-0.1, -0.05) is 13.8 Å². The van der Waals surface area contributed by atoms with Crippen LogP contribution in [0.1, 0.15) is 44.5 Å². The molecule has 0 fully saturated rings. The van der Waals surface area contributed by atoms with Gasteiger partial charge in [0.2, 0.25) is 0 Å². The van der Waals surface area contributed by atoms with Crippen LogP contribution in [0.2, 0.25) is 0 Å². The molecule has 1 atom stereocenters. The molecule has 6 heteroatoms. The third-order valence-corrected chi connectivity index (χ3v) is 4.03. The Morgan fingerprint density at radius 2 is 2.09 bits per heavy atom. The summed E-state index contributed by atoms with van der Waals surface area (Å²) >= 11 is 3.40. The number of rotatable bonds is 7. The van der Waals surface area contributed by atoms with Crippen LogP contribution in [0.25, 0.3) is 0 Å². The summed E-state index contributed by atoms with van der Waals surface area (Å²) in [5.41, 5.74) is 3.92. The highest BCUT2D eigenvalue weighted by atomic mass is 79.9. The van der Waals surface area contributed by atoms with Gasteiger partial charge in [0, 0.05) is 11.3 Å². The quantitative estimate of drug-likeness (QED) is 0.582. The summed E-state index contributed by atoms with van der Waals surface area (Å²) in [7, 11) is 1.54. The molecule has 1 N–H and O–H groups in total. The Bertz CT molecular complexity index is 559. The molecule has 0 saturated carbocycles. The van der Waals surface area contributed by atoms with E-state index >= 15 is 0 Å². The normalized spacial score (nSPS) is 12.7. The fourth-order valence-electron chi connectivity index (χ4n) is 1.74. The highest BCUT2D eigenvalue weighted by Gasteiger charge is 2.15. The van der Waals surface area contributed by atoms with E-state index < -0.39 is 0 Å². The van der Waals surface area contributed by atoms with Crippen molar-refractivity contribution < 1.29 is 14.3 Å². The van der Waals surface area contributed by atoms with Gasteiger partial charge in [-0.3, -0.25) is 4.79 Å². The Morgan fingerprint density at radius 1 is 1.41 bits per heavy atom. The number of hydrogen-bond donors (Lipinski definition) is 1. The van der Waals surface area contributed by atoms with Crippen molar-refractivity contribution in [2.45, 2.75) is 34.1 Å². The van der Waals surface area contributed by atoms with Crippen molar-refractivity contribution in [3.8, 4) is 11.5 Å². The second-order valence-corrected chi connectivity index (χ2v) is 5.78. The molecule has 0 aliphatic rings. The number of ether oxygens (including phenoxy) is 2. The Morgan fingerprint density at radius 3 is 2.64 bits per heavy atom. The van der Waals surface area contributed by atoms with Gasteiger partial charge in [-0.05, 0) is 54.2 Å². The maximum absolute atomic E-state index is 12.2. The van der Waals surface area contributed by atoms with Crippen molar-refractivity contribution in [3.05, 3.63) is 22.2 Å². The van der Waals surface area contributed by atoms with Gasteiger partial charge in [-0.2, -0.15) is 5.10 Å².